The number of ether oxygens (including phenoxy) is 1. The summed E-state index contributed by atoms with van der Waals surface area (Å²) in [5.74, 6) is 0.548. The van der Waals surface area contributed by atoms with Crippen molar-refractivity contribution in [3.8, 4) is 27.6 Å². The second kappa shape index (κ2) is 4.98. The number of aliphatic hydroxyl groups excluding tert-OH is 1. The lowest BCUT2D eigenvalue weighted by Gasteiger charge is -2.10. The summed E-state index contributed by atoms with van der Waals surface area (Å²) in [6.07, 6.45) is -0.602. The first kappa shape index (κ1) is 12.6. The van der Waals surface area contributed by atoms with Crippen molar-refractivity contribution < 1.29 is 9.84 Å². The summed E-state index contributed by atoms with van der Waals surface area (Å²) in [5, 5.41) is 12.2. The van der Waals surface area contributed by atoms with Crippen LogP contribution in [0.1, 0.15) is 11.7 Å². The van der Waals surface area contributed by atoms with Crippen molar-refractivity contribution in [3.63, 3.8) is 0 Å². The van der Waals surface area contributed by atoms with E-state index in [1.54, 1.807) is 11.3 Å². The van der Waals surface area contributed by atoms with Crippen LogP contribution in [0.5, 0.6) is 5.88 Å². The van der Waals surface area contributed by atoms with Gasteiger partial charge in [0.25, 0.3) is 0 Å². The number of benzene rings is 1. The molecule has 3 nitrogen and oxygen atoms in total. The summed E-state index contributed by atoms with van der Waals surface area (Å²) in [4.78, 5) is 5.69. The van der Waals surface area contributed by atoms with Crippen LogP contribution in [0.15, 0.2) is 53.9 Å². The average Bonchev–Trinajstić information content (AvgIpc) is 3.18. The van der Waals surface area contributed by atoms with Gasteiger partial charge in [-0.05, 0) is 17.5 Å². The Morgan fingerprint density at radius 3 is 2.76 bits per heavy atom. The highest BCUT2D eigenvalue weighted by Gasteiger charge is 2.28. The van der Waals surface area contributed by atoms with Crippen LogP contribution in [0.2, 0.25) is 0 Å². The average molecular weight is 295 g/mol. The molecular formula is C17H13NO2S. The minimum absolute atomic E-state index is 0.277. The molecule has 104 valence electrons. The Balaban J connectivity index is 1.95. The van der Waals surface area contributed by atoms with Crippen LogP contribution in [0, 0.1) is 0 Å². The van der Waals surface area contributed by atoms with Crippen LogP contribution in [0.25, 0.3) is 21.7 Å². The number of aliphatic hydroxyl groups is 1. The van der Waals surface area contributed by atoms with E-state index in [0.29, 0.717) is 5.88 Å². The van der Waals surface area contributed by atoms with Gasteiger partial charge in [-0.3, -0.25) is 0 Å². The second-order valence-electron chi connectivity index (χ2n) is 4.94. The molecule has 3 aromatic rings. The molecule has 3 heterocycles. The molecule has 0 saturated heterocycles. The smallest absolute Gasteiger partial charge is 0.220 e. The molecule has 0 saturated carbocycles. The molecule has 1 unspecified atom stereocenters. The Kier molecular flexibility index (Phi) is 2.98. The highest BCUT2D eigenvalue weighted by atomic mass is 32.1. The molecular weight excluding hydrogens is 282 g/mol. The fourth-order valence-electron chi connectivity index (χ4n) is 2.60. The highest BCUT2D eigenvalue weighted by Crippen LogP contribution is 2.42. The topological polar surface area (TPSA) is 42.4 Å². The summed E-state index contributed by atoms with van der Waals surface area (Å²) in [6.45, 7) is 0.277. The number of nitrogens with zero attached hydrogens (tertiary/aromatic N) is 1. The van der Waals surface area contributed by atoms with Crippen LogP contribution < -0.4 is 4.74 Å². The lowest BCUT2D eigenvalue weighted by Crippen LogP contribution is -1.98. The highest BCUT2D eigenvalue weighted by molar-refractivity contribution is 7.13. The zero-order valence-corrected chi connectivity index (χ0v) is 12.0. The van der Waals surface area contributed by atoms with E-state index in [1.165, 1.54) is 0 Å². The first-order valence-electron chi connectivity index (χ1n) is 6.78. The standard InChI is InChI=1S/C17H13NO2S/c19-14-10-20-17-16(14)12(15-7-4-8-21-15)9-13(18-17)11-5-2-1-3-6-11/h1-9,14,19H,10H2. The van der Waals surface area contributed by atoms with Crippen LogP contribution in [-0.2, 0) is 0 Å². The predicted octanol–water partition coefficient (Wildman–Crippen LogP) is 3.90. The minimum atomic E-state index is -0.602. The molecule has 0 amide bonds. The molecule has 4 heteroatoms. The van der Waals surface area contributed by atoms with E-state index in [4.69, 9.17) is 4.74 Å². The predicted molar refractivity (Wildman–Crippen MR) is 83.4 cm³/mol. The van der Waals surface area contributed by atoms with Crippen molar-refractivity contribution in [1.82, 2.24) is 4.98 Å². The molecule has 1 aliphatic rings. The van der Waals surface area contributed by atoms with Gasteiger partial charge >= 0.3 is 0 Å². The Bertz CT molecular complexity index is 769. The van der Waals surface area contributed by atoms with Crippen molar-refractivity contribution in [3.05, 3.63) is 59.5 Å². The van der Waals surface area contributed by atoms with E-state index >= 15 is 0 Å². The lowest BCUT2D eigenvalue weighted by molar-refractivity contribution is 0.139. The zero-order chi connectivity index (χ0) is 14.2. The van der Waals surface area contributed by atoms with Crippen LogP contribution in [0.4, 0.5) is 0 Å². The maximum Gasteiger partial charge on any atom is 0.220 e. The Hall–Kier alpha value is -2.17. The Labute approximate surface area is 126 Å². The van der Waals surface area contributed by atoms with Gasteiger partial charge in [0, 0.05) is 16.0 Å². The monoisotopic (exact) mass is 295 g/mol. The number of hydrogen-bond acceptors (Lipinski definition) is 4. The normalized spacial score (nSPS) is 16.5. The Morgan fingerprint density at radius 2 is 2.00 bits per heavy atom. The van der Waals surface area contributed by atoms with Crippen LogP contribution in [-0.4, -0.2) is 16.7 Å². The quantitative estimate of drug-likeness (QED) is 0.779. The van der Waals surface area contributed by atoms with Gasteiger partial charge < -0.3 is 9.84 Å². The molecule has 21 heavy (non-hydrogen) atoms. The number of rotatable bonds is 2. The van der Waals surface area contributed by atoms with Gasteiger partial charge in [-0.25, -0.2) is 4.98 Å². The maximum atomic E-state index is 10.2. The summed E-state index contributed by atoms with van der Waals surface area (Å²) in [6, 6.07) is 16.1. The minimum Gasteiger partial charge on any atom is -0.474 e. The summed E-state index contributed by atoms with van der Waals surface area (Å²) in [7, 11) is 0. The van der Waals surface area contributed by atoms with Crippen molar-refractivity contribution in [2.45, 2.75) is 6.10 Å². The molecule has 1 N–H and O–H groups in total. The Morgan fingerprint density at radius 1 is 1.14 bits per heavy atom. The summed E-state index contributed by atoms with van der Waals surface area (Å²) in [5.41, 5.74) is 3.73. The van der Waals surface area contributed by atoms with Gasteiger partial charge in [0.2, 0.25) is 5.88 Å². The molecule has 2 aromatic heterocycles. The van der Waals surface area contributed by atoms with Crippen molar-refractivity contribution in [1.29, 1.82) is 0 Å². The van der Waals surface area contributed by atoms with Gasteiger partial charge in [0.15, 0.2) is 0 Å². The van der Waals surface area contributed by atoms with E-state index < -0.39 is 6.10 Å². The molecule has 0 spiro atoms. The summed E-state index contributed by atoms with van der Waals surface area (Å²) < 4.78 is 5.56. The molecule has 1 atom stereocenters. The number of hydrogen-bond donors (Lipinski definition) is 1. The third kappa shape index (κ3) is 2.13. The first-order chi connectivity index (χ1) is 10.3. The van der Waals surface area contributed by atoms with Gasteiger partial charge in [0.05, 0.1) is 11.3 Å². The van der Waals surface area contributed by atoms with Gasteiger partial charge in [-0.15, -0.1) is 11.3 Å². The van der Waals surface area contributed by atoms with E-state index in [0.717, 1.165) is 27.3 Å². The SMILES string of the molecule is OC1COc2nc(-c3ccccc3)cc(-c3cccs3)c21. The van der Waals surface area contributed by atoms with Gasteiger partial charge in [0.1, 0.15) is 12.7 Å². The van der Waals surface area contributed by atoms with Crippen molar-refractivity contribution in [2.24, 2.45) is 0 Å². The molecule has 0 aliphatic carbocycles. The largest absolute Gasteiger partial charge is 0.474 e. The van der Waals surface area contributed by atoms with Crippen LogP contribution >= 0.6 is 11.3 Å². The molecule has 0 radical (unpaired) electrons. The van der Waals surface area contributed by atoms with E-state index in [1.807, 2.05) is 47.8 Å². The van der Waals surface area contributed by atoms with Crippen molar-refractivity contribution >= 4 is 11.3 Å². The zero-order valence-electron chi connectivity index (χ0n) is 11.2. The van der Waals surface area contributed by atoms with Crippen molar-refractivity contribution in [2.75, 3.05) is 6.61 Å². The molecule has 4 rings (SSSR count). The van der Waals surface area contributed by atoms with Gasteiger partial charge in [-0.1, -0.05) is 36.4 Å². The van der Waals surface area contributed by atoms with Gasteiger partial charge in [-0.2, -0.15) is 0 Å². The first-order valence-corrected chi connectivity index (χ1v) is 7.66. The van der Waals surface area contributed by atoms with Crippen LogP contribution in [0.3, 0.4) is 0 Å². The number of fused-ring (bicyclic) bond motifs is 1. The maximum absolute atomic E-state index is 10.2. The van der Waals surface area contributed by atoms with E-state index in [9.17, 15) is 5.11 Å². The number of thiophene rings is 1. The van der Waals surface area contributed by atoms with E-state index in [2.05, 4.69) is 11.1 Å². The fraction of sp³-hybridized carbons (Fsp3) is 0.118. The molecule has 0 bridgehead atoms. The number of aromatic nitrogens is 1. The molecule has 0 fully saturated rings. The van der Waals surface area contributed by atoms with E-state index in [-0.39, 0.29) is 6.61 Å². The third-order valence-electron chi connectivity index (χ3n) is 3.59. The third-order valence-corrected chi connectivity index (χ3v) is 4.49. The fourth-order valence-corrected chi connectivity index (χ4v) is 3.35. The summed E-state index contributed by atoms with van der Waals surface area (Å²) >= 11 is 1.65. The molecule has 1 aromatic carbocycles. The molecule has 1 aliphatic heterocycles. The second-order valence-corrected chi connectivity index (χ2v) is 5.89. The lowest BCUT2D eigenvalue weighted by atomic mass is 10.0. The number of pyridine rings is 1.